The summed E-state index contributed by atoms with van der Waals surface area (Å²) in [5.41, 5.74) is 6.50. The van der Waals surface area contributed by atoms with Gasteiger partial charge in [0.1, 0.15) is 16.8 Å². The van der Waals surface area contributed by atoms with Crippen molar-refractivity contribution in [3.05, 3.63) is 77.4 Å². The molecule has 3 aromatic carbocycles. The quantitative estimate of drug-likeness (QED) is 0.513. The molecule has 152 valence electrons. The Morgan fingerprint density at radius 3 is 2.33 bits per heavy atom. The van der Waals surface area contributed by atoms with Gasteiger partial charge in [0.25, 0.3) is 5.91 Å². The highest BCUT2D eigenvalue weighted by Crippen LogP contribution is 2.19. The van der Waals surface area contributed by atoms with Gasteiger partial charge in [0.2, 0.25) is 0 Å². The van der Waals surface area contributed by atoms with Crippen molar-refractivity contribution in [3.63, 3.8) is 0 Å². The van der Waals surface area contributed by atoms with Crippen LogP contribution in [0.25, 0.3) is 16.7 Å². The molecule has 0 spiro atoms. The zero-order valence-electron chi connectivity index (χ0n) is 17.3. The molecular formula is C24H24N4O2. The Kier molecular flexibility index (Phi) is 5.48. The number of nitrogens with one attached hydrogen (secondary N) is 1. The normalized spacial score (nSPS) is 10.9. The number of carbonyl (C=O) groups is 1. The minimum Gasteiger partial charge on any atom is -0.484 e. The molecule has 0 radical (unpaired) electrons. The number of rotatable bonds is 6. The molecule has 4 rings (SSSR count). The van der Waals surface area contributed by atoms with E-state index >= 15 is 0 Å². The summed E-state index contributed by atoms with van der Waals surface area (Å²) in [6.45, 7) is 6.07. The lowest BCUT2D eigenvalue weighted by Crippen LogP contribution is -2.20. The fraction of sp³-hybridized carbons (Fsp3) is 0.208. The summed E-state index contributed by atoms with van der Waals surface area (Å²) >= 11 is 0. The first-order valence-electron chi connectivity index (χ1n) is 9.97. The number of fused-ring (bicyclic) bond motifs is 1. The van der Waals surface area contributed by atoms with Crippen LogP contribution in [-0.4, -0.2) is 27.5 Å². The minimum atomic E-state index is -0.226. The van der Waals surface area contributed by atoms with Crippen LogP contribution in [0.15, 0.2) is 60.7 Å². The molecule has 0 bridgehead atoms. The lowest BCUT2D eigenvalue weighted by Gasteiger charge is -2.09. The number of hydrogen-bond donors (Lipinski definition) is 1. The molecule has 1 aromatic heterocycles. The van der Waals surface area contributed by atoms with Gasteiger partial charge in [0, 0.05) is 5.69 Å². The highest BCUT2D eigenvalue weighted by atomic mass is 16.5. The zero-order valence-corrected chi connectivity index (χ0v) is 17.3. The topological polar surface area (TPSA) is 69.0 Å². The molecule has 30 heavy (non-hydrogen) atoms. The van der Waals surface area contributed by atoms with Crippen LogP contribution in [0.3, 0.4) is 0 Å². The summed E-state index contributed by atoms with van der Waals surface area (Å²) in [5.74, 6) is 0.464. The van der Waals surface area contributed by atoms with Crippen LogP contribution in [0.5, 0.6) is 5.75 Å². The Labute approximate surface area is 175 Å². The van der Waals surface area contributed by atoms with Gasteiger partial charge >= 0.3 is 0 Å². The molecular weight excluding hydrogens is 376 g/mol. The molecule has 0 unspecified atom stereocenters. The highest BCUT2D eigenvalue weighted by Gasteiger charge is 2.09. The summed E-state index contributed by atoms with van der Waals surface area (Å²) < 4.78 is 5.63. The maximum absolute atomic E-state index is 12.3. The van der Waals surface area contributed by atoms with E-state index in [1.54, 1.807) is 4.80 Å². The van der Waals surface area contributed by atoms with Crippen molar-refractivity contribution in [1.82, 2.24) is 15.0 Å². The molecule has 0 saturated heterocycles. The van der Waals surface area contributed by atoms with Crippen LogP contribution in [-0.2, 0) is 11.2 Å². The van der Waals surface area contributed by atoms with Gasteiger partial charge in [-0.05, 0) is 79.4 Å². The Morgan fingerprint density at radius 2 is 1.63 bits per heavy atom. The van der Waals surface area contributed by atoms with Gasteiger partial charge in [-0.25, -0.2) is 0 Å². The van der Waals surface area contributed by atoms with E-state index in [2.05, 4.69) is 40.6 Å². The van der Waals surface area contributed by atoms with Gasteiger partial charge < -0.3 is 10.1 Å². The smallest absolute Gasteiger partial charge is 0.262 e. The monoisotopic (exact) mass is 400 g/mol. The van der Waals surface area contributed by atoms with E-state index < -0.39 is 0 Å². The molecule has 1 amide bonds. The van der Waals surface area contributed by atoms with E-state index in [1.165, 1.54) is 5.56 Å². The predicted octanol–water partition coefficient (Wildman–Crippen LogP) is 4.62. The van der Waals surface area contributed by atoms with Crippen LogP contribution in [0.4, 0.5) is 5.69 Å². The zero-order chi connectivity index (χ0) is 21.1. The van der Waals surface area contributed by atoms with Gasteiger partial charge in [-0.1, -0.05) is 25.1 Å². The average Bonchev–Trinajstić information content (AvgIpc) is 3.15. The minimum absolute atomic E-state index is 0.0581. The lowest BCUT2D eigenvalue weighted by atomic mass is 10.1. The van der Waals surface area contributed by atoms with E-state index in [0.29, 0.717) is 17.0 Å². The molecule has 0 aliphatic rings. The maximum Gasteiger partial charge on any atom is 0.262 e. The summed E-state index contributed by atoms with van der Waals surface area (Å²) in [6, 6.07) is 19.5. The van der Waals surface area contributed by atoms with Crippen molar-refractivity contribution in [2.75, 3.05) is 11.9 Å². The number of ether oxygens (including phenoxy) is 1. The van der Waals surface area contributed by atoms with Gasteiger partial charge in [-0.3, -0.25) is 4.79 Å². The van der Waals surface area contributed by atoms with Crippen molar-refractivity contribution in [3.8, 4) is 11.4 Å². The number of carbonyl (C=O) groups excluding carboxylic acids is 1. The van der Waals surface area contributed by atoms with Crippen molar-refractivity contribution < 1.29 is 9.53 Å². The number of anilines is 1. The van der Waals surface area contributed by atoms with Crippen LogP contribution >= 0.6 is 0 Å². The standard InChI is InChI=1S/C24H24N4O2/c1-4-18-5-8-20(9-6-18)28-26-22-10-7-19(14-23(22)27-28)25-24(29)15-30-21-12-16(2)11-17(3)13-21/h5-14H,4,15H2,1-3H3,(H,25,29). The molecule has 0 saturated carbocycles. The van der Waals surface area contributed by atoms with E-state index in [-0.39, 0.29) is 12.5 Å². The van der Waals surface area contributed by atoms with Crippen molar-refractivity contribution in [2.45, 2.75) is 27.2 Å². The van der Waals surface area contributed by atoms with Crippen LogP contribution in [0.2, 0.25) is 0 Å². The first-order valence-corrected chi connectivity index (χ1v) is 9.97. The predicted molar refractivity (Wildman–Crippen MR) is 118 cm³/mol. The van der Waals surface area contributed by atoms with Crippen molar-refractivity contribution in [2.24, 2.45) is 0 Å². The van der Waals surface area contributed by atoms with Crippen LogP contribution < -0.4 is 10.1 Å². The second-order valence-electron chi connectivity index (χ2n) is 7.37. The molecule has 1 heterocycles. The molecule has 0 fully saturated rings. The van der Waals surface area contributed by atoms with E-state index in [4.69, 9.17) is 4.74 Å². The Balaban J connectivity index is 1.44. The first kappa shape index (κ1) is 19.6. The number of aromatic nitrogens is 3. The second-order valence-corrected chi connectivity index (χ2v) is 7.37. The van der Waals surface area contributed by atoms with Gasteiger partial charge in [0.05, 0.1) is 5.69 Å². The summed E-state index contributed by atoms with van der Waals surface area (Å²) in [6.07, 6.45) is 0.991. The summed E-state index contributed by atoms with van der Waals surface area (Å²) in [7, 11) is 0. The summed E-state index contributed by atoms with van der Waals surface area (Å²) in [4.78, 5) is 13.9. The lowest BCUT2D eigenvalue weighted by molar-refractivity contribution is -0.118. The van der Waals surface area contributed by atoms with Crippen LogP contribution in [0.1, 0.15) is 23.6 Å². The highest BCUT2D eigenvalue weighted by molar-refractivity contribution is 5.93. The third-order valence-electron chi connectivity index (χ3n) is 4.80. The molecule has 4 aromatic rings. The fourth-order valence-corrected chi connectivity index (χ4v) is 3.33. The molecule has 6 nitrogen and oxygen atoms in total. The van der Waals surface area contributed by atoms with E-state index in [0.717, 1.165) is 28.8 Å². The molecule has 0 atom stereocenters. The average molecular weight is 400 g/mol. The maximum atomic E-state index is 12.3. The molecule has 6 heteroatoms. The number of amides is 1. The van der Waals surface area contributed by atoms with E-state index in [1.807, 2.05) is 56.3 Å². The largest absolute Gasteiger partial charge is 0.484 e. The SMILES string of the molecule is CCc1ccc(-n2nc3ccc(NC(=O)COc4cc(C)cc(C)c4)cc3n2)cc1. The van der Waals surface area contributed by atoms with E-state index in [9.17, 15) is 4.79 Å². The van der Waals surface area contributed by atoms with Gasteiger partial charge in [-0.2, -0.15) is 4.80 Å². The molecule has 0 aliphatic heterocycles. The summed E-state index contributed by atoms with van der Waals surface area (Å²) in [5, 5.41) is 11.9. The number of benzene rings is 3. The number of hydrogen-bond acceptors (Lipinski definition) is 4. The first-order chi connectivity index (χ1) is 14.5. The van der Waals surface area contributed by atoms with Gasteiger partial charge in [-0.15, -0.1) is 10.2 Å². The van der Waals surface area contributed by atoms with Crippen molar-refractivity contribution >= 4 is 22.6 Å². The Bertz CT molecular complexity index is 1180. The second kappa shape index (κ2) is 8.37. The fourth-order valence-electron chi connectivity index (χ4n) is 3.33. The van der Waals surface area contributed by atoms with Crippen molar-refractivity contribution in [1.29, 1.82) is 0 Å². The number of aryl methyl sites for hydroxylation is 3. The molecule has 1 N–H and O–H groups in total. The molecule has 0 aliphatic carbocycles. The Morgan fingerprint density at radius 1 is 0.933 bits per heavy atom. The van der Waals surface area contributed by atoms with Gasteiger partial charge in [0.15, 0.2) is 6.61 Å². The third-order valence-corrected chi connectivity index (χ3v) is 4.80. The number of nitrogens with zero attached hydrogens (tertiary/aromatic N) is 3. The third kappa shape index (κ3) is 4.49. The Hall–Kier alpha value is -3.67. The van der Waals surface area contributed by atoms with Crippen LogP contribution in [0, 0.1) is 13.8 Å².